The average molecular weight is 243 g/mol. The second-order valence-corrected chi connectivity index (χ2v) is 2.97. The van der Waals surface area contributed by atoms with E-state index in [1.807, 2.05) is 0 Å². The van der Waals surface area contributed by atoms with Crippen LogP contribution in [0.25, 0.3) is 5.32 Å². The predicted molar refractivity (Wildman–Crippen MR) is 55.9 cm³/mol. The van der Waals surface area contributed by atoms with Gasteiger partial charge in [0.05, 0.1) is 12.5 Å². The van der Waals surface area contributed by atoms with Gasteiger partial charge < -0.3 is 14.8 Å². The molecule has 0 aromatic rings. The Balaban J connectivity index is 0. The molecule has 0 heterocycles. The molecule has 0 amide bonds. The molecule has 0 bridgehead atoms. The van der Waals surface area contributed by atoms with E-state index in [0.29, 0.717) is 0 Å². The quantitative estimate of drug-likeness (QED) is 0.234. The Morgan fingerprint density at radius 1 is 1.46 bits per heavy atom. The van der Waals surface area contributed by atoms with Crippen molar-refractivity contribution < 1.29 is 60.9 Å². The van der Waals surface area contributed by atoms with Gasteiger partial charge in [0.15, 0.2) is 5.91 Å². The number of hydrogen-bond acceptors (Lipinski definition) is 3. The van der Waals surface area contributed by atoms with E-state index in [0.717, 1.165) is 0 Å². The second kappa shape index (κ2) is 8.28. The molecule has 0 aromatic heterocycles. The van der Waals surface area contributed by atoms with Crippen molar-refractivity contribution in [1.82, 2.24) is 0 Å². The van der Waals surface area contributed by atoms with Crippen molar-refractivity contribution in [2.24, 2.45) is 0 Å². The Morgan fingerprint density at radius 2 is 1.85 bits per heavy atom. The Hall–Kier alpha value is 0.956. The summed E-state index contributed by atoms with van der Waals surface area (Å²) in [5.41, 5.74) is 0. The van der Waals surface area contributed by atoms with Crippen LogP contribution in [0.4, 0.5) is 0 Å². The summed E-state index contributed by atoms with van der Waals surface area (Å²) in [7, 11) is 0. The first-order chi connectivity index (χ1) is 5.54. The maximum atomic E-state index is 4.95. The molecule has 0 N–H and O–H groups in total. The van der Waals surface area contributed by atoms with Crippen LogP contribution in [0.2, 0.25) is 0 Å². The van der Waals surface area contributed by atoms with Crippen molar-refractivity contribution >= 4 is 29.2 Å². The predicted octanol–water partition coefficient (Wildman–Crippen LogP) is -0.427. The van der Waals surface area contributed by atoms with Crippen molar-refractivity contribution in [3.05, 3.63) is 31.0 Å². The Morgan fingerprint density at radius 3 is 2.08 bits per heavy atom. The van der Waals surface area contributed by atoms with E-state index in [2.05, 4.69) is 43.3 Å². The molecule has 3 nitrogen and oxygen atoms in total. The SMILES string of the molecule is C=COC(C)([N-]C(=S)S)OC=C.[K+]. The van der Waals surface area contributed by atoms with Gasteiger partial charge in [-0.05, 0) is 11.2 Å². The summed E-state index contributed by atoms with van der Waals surface area (Å²) >= 11 is 8.45. The van der Waals surface area contributed by atoms with E-state index < -0.39 is 5.91 Å². The third kappa shape index (κ3) is 7.98. The summed E-state index contributed by atoms with van der Waals surface area (Å²) in [4.78, 5) is 0. The van der Waals surface area contributed by atoms with Gasteiger partial charge in [-0.1, -0.05) is 25.4 Å². The molecule has 0 saturated heterocycles. The van der Waals surface area contributed by atoms with Crippen LogP contribution in [-0.2, 0) is 9.47 Å². The van der Waals surface area contributed by atoms with Crippen LogP contribution in [0.1, 0.15) is 6.92 Å². The standard InChI is InChI=1S/C7H11NO2S2.K/c1-4-9-7(3,10-5-2)8-6(11)12;/h4-5H,1-2H2,3H3,(H2,8,11,12);/q;+1/p-1. The topological polar surface area (TPSA) is 32.6 Å². The molecule has 13 heavy (non-hydrogen) atoms. The van der Waals surface area contributed by atoms with Crippen molar-refractivity contribution in [3.8, 4) is 0 Å². The molecule has 6 heteroatoms. The van der Waals surface area contributed by atoms with Gasteiger partial charge in [0.1, 0.15) is 0 Å². The van der Waals surface area contributed by atoms with Gasteiger partial charge in [-0.25, -0.2) is 0 Å². The van der Waals surface area contributed by atoms with E-state index in [1.54, 1.807) is 6.92 Å². The van der Waals surface area contributed by atoms with Gasteiger partial charge in [0.2, 0.25) is 0 Å². The molecule has 68 valence electrons. The van der Waals surface area contributed by atoms with E-state index in [-0.39, 0.29) is 55.7 Å². The first kappa shape index (κ1) is 16.4. The normalized spacial score (nSPS) is 9.08. The van der Waals surface area contributed by atoms with Crippen molar-refractivity contribution in [2.75, 3.05) is 0 Å². The number of thiol groups is 1. The zero-order valence-electron chi connectivity index (χ0n) is 7.69. The zero-order chi connectivity index (χ0) is 9.61. The molecule has 0 aliphatic heterocycles. The van der Waals surface area contributed by atoms with Gasteiger partial charge in [-0.2, -0.15) is 12.6 Å². The Labute approximate surface area is 132 Å². The summed E-state index contributed by atoms with van der Waals surface area (Å²) in [6, 6.07) is 0. The van der Waals surface area contributed by atoms with Crippen molar-refractivity contribution in [3.63, 3.8) is 0 Å². The number of hydrogen-bond donors (Lipinski definition) is 1. The maximum absolute atomic E-state index is 4.95. The number of thiocarbonyl (C=S) groups is 1. The first-order valence-electron chi connectivity index (χ1n) is 3.07. The fourth-order valence-corrected chi connectivity index (χ4v) is 0.911. The smallest absolute Gasteiger partial charge is 0.598 e. The summed E-state index contributed by atoms with van der Waals surface area (Å²) in [6.07, 6.45) is 2.41. The minimum absolute atomic E-state index is 0. The Kier molecular flexibility index (Phi) is 10.4. The van der Waals surface area contributed by atoms with Crippen molar-refractivity contribution in [1.29, 1.82) is 0 Å². The van der Waals surface area contributed by atoms with Gasteiger partial charge in [-0.3, -0.25) is 0 Å². The Bertz CT molecular complexity index is 189. The fraction of sp³-hybridized carbons (Fsp3) is 0.286. The molecule has 0 fully saturated rings. The van der Waals surface area contributed by atoms with E-state index >= 15 is 0 Å². The molecule has 0 unspecified atom stereocenters. The van der Waals surface area contributed by atoms with E-state index in [1.165, 1.54) is 12.5 Å². The third-order valence-corrected chi connectivity index (χ3v) is 1.09. The fourth-order valence-electron chi connectivity index (χ4n) is 0.563. The van der Waals surface area contributed by atoms with Crippen LogP contribution >= 0.6 is 24.8 Å². The summed E-state index contributed by atoms with van der Waals surface area (Å²) in [5.74, 6) is -1.21. The van der Waals surface area contributed by atoms with Crippen LogP contribution in [0.5, 0.6) is 0 Å². The number of ether oxygens (including phenoxy) is 2. The third-order valence-electron chi connectivity index (χ3n) is 0.903. The summed E-state index contributed by atoms with van der Waals surface area (Å²) in [6.45, 7) is 8.31. The zero-order valence-corrected chi connectivity index (χ0v) is 12.5. The van der Waals surface area contributed by atoms with Gasteiger partial charge in [0.25, 0.3) is 0 Å². The van der Waals surface area contributed by atoms with Gasteiger partial charge in [-0.15, -0.1) is 0 Å². The molecule has 0 aromatic carbocycles. The molecule has 0 rings (SSSR count). The minimum Gasteiger partial charge on any atom is -0.598 e. The monoisotopic (exact) mass is 243 g/mol. The minimum atomic E-state index is -1.21. The number of nitrogens with zero attached hydrogens (tertiary/aromatic N) is 1. The van der Waals surface area contributed by atoms with Crippen LogP contribution in [0.3, 0.4) is 0 Å². The molecule has 0 aliphatic carbocycles. The van der Waals surface area contributed by atoms with E-state index in [4.69, 9.17) is 9.47 Å². The molecular weight excluding hydrogens is 233 g/mol. The molecular formula is C7H10KNO2S2. The molecule has 0 aliphatic rings. The first-order valence-corrected chi connectivity index (χ1v) is 3.93. The molecule has 0 saturated carbocycles. The molecule has 0 atom stereocenters. The van der Waals surface area contributed by atoms with Crippen LogP contribution in [0.15, 0.2) is 25.7 Å². The van der Waals surface area contributed by atoms with Gasteiger partial charge >= 0.3 is 51.4 Å². The second-order valence-electron chi connectivity index (χ2n) is 1.86. The summed E-state index contributed by atoms with van der Waals surface area (Å²) < 4.78 is 10.0. The van der Waals surface area contributed by atoms with Crippen LogP contribution in [-0.4, -0.2) is 10.2 Å². The average Bonchev–Trinajstić information content (AvgIpc) is 1.85. The van der Waals surface area contributed by atoms with Crippen LogP contribution in [0, 0.1) is 0 Å². The molecule has 0 radical (unpaired) electrons. The largest absolute Gasteiger partial charge is 1.00 e. The van der Waals surface area contributed by atoms with Crippen molar-refractivity contribution in [2.45, 2.75) is 12.8 Å². The van der Waals surface area contributed by atoms with Crippen LogP contribution < -0.4 is 51.4 Å². The molecule has 0 spiro atoms. The maximum Gasteiger partial charge on any atom is 1.00 e. The van der Waals surface area contributed by atoms with E-state index in [9.17, 15) is 0 Å². The van der Waals surface area contributed by atoms with Gasteiger partial charge in [0, 0.05) is 0 Å². The number of rotatable bonds is 5. The summed E-state index contributed by atoms with van der Waals surface area (Å²) in [5, 5.41) is 3.80.